The Kier molecular flexibility index (Phi) is 2.38. The standard InChI is InChI=1S/C9H10ClNO2/c10-9-5-7(1-2-11-9)13-8-3-6(12)4-8/h1-2,5-6,8,12H,3-4H2. The molecule has 0 atom stereocenters. The molecule has 3 nitrogen and oxygen atoms in total. The smallest absolute Gasteiger partial charge is 0.132 e. The molecule has 0 saturated heterocycles. The van der Waals surface area contributed by atoms with E-state index in [1.54, 1.807) is 18.3 Å². The molecule has 1 N–H and O–H groups in total. The van der Waals surface area contributed by atoms with E-state index in [0.717, 1.165) is 5.75 Å². The average molecular weight is 200 g/mol. The maximum Gasteiger partial charge on any atom is 0.132 e. The van der Waals surface area contributed by atoms with Crippen LogP contribution in [0.15, 0.2) is 18.3 Å². The second-order valence-corrected chi connectivity index (χ2v) is 3.57. The maximum absolute atomic E-state index is 9.03. The molecule has 1 saturated carbocycles. The molecule has 0 amide bonds. The quantitative estimate of drug-likeness (QED) is 0.737. The van der Waals surface area contributed by atoms with Crippen molar-refractivity contribution in [2.45, 2.75) is 25.0 Å². The van der Waals surface area contributed by atoms with Crippen molar-refractivity contribution in [3.8, 4) is 5.75 Å². The third-order valence-electron chi connectivity index (χ3n) is 2.07. The van der Waals surface area contributed by atoms with Crippen molar-refractivity contribution >= 4 is 11.6 Å². The molecular weight excluding hydrogens is 190 g/mol. The van der Waals surface area contributed by atoms with E-state index in [0.29, 0.717) is 18.0 Å². The minimum absolute atomic E-state index is 0.133. The fourth-order valence-electron chi connectivity index (χ4n) is 1.28. The predicted octanol–water partition coefficient (Wildman–Crippen LogP) is 1.64. The molecule has 0 radical (unpaired) electrons. The van der Waals surface area contributed by atoms with E-state index in [1.807, 2.05) is 0 Å². The topological polar surface area (TPSA) is 42.4 Å². The lowest BCUT2D eigenvalue weighted by Crippen LogP contribution is -2.37. The largest absolute Gasteiger partial charge is 0.490 e. The van der Waals surface area contributed by atoms with Crippen LogP contribution in [0.5, 0.6) is 5.75 Å². The Hall–Kier alpha value is -0.800. The SMILES string of the molecule is OC1CC(Oc2ccnc(Cl)c2)C1. The van der Waals surface area contributed by atoms with Crippen LogP contribution in [0.25, 0.3) is 0 Å². The van der Waals surface area contributed by atoms with Gasteiger partial charge in [0.1, 0.15) is 17.0 Å². The zero-order chi connectivity index (χ0) is 9.26. The first-order valence-electron chi connectivity index (χ1n) is 4.20. The number of halogens is 1. The van der Waals surface area contributed by atoms with Crippen LogP contribution in [0.3, 0.4) is 0 Å². The highest BCUT2D eigenvalue weighted by Gasteiger charge is 2.28. The third-order valence-corrected chi connectivity index (χ3v) is 2.28. The van der Waals surface area contributed by atoms with E-state index in [1.165, 1.54) is 0 Å². The van der Waals surface area contributed by atoms with E-state index in [2.05, 4.69) is 4.98 Å². The summed E-state index contributed by atoms with van der Waals surface area (Å²) in [6.07, 6.45) is 2.96. The van der Waals surface area contributed by atoms with Crippen LogP contribution < -0.4 is 4.74 Å². The Labute approximate surface area is 81.3 Å². The number of pyridine rings is 1. The average Bonchev–Trinajstić information content (AvgIpc) is 2.01. The van der Waals surface area contributed by atoms with Gasteiger partial charge in [-0.1, -0.05) is 11.6 Å². The van der Waals surface area contributed by atoms with Gasteiger partial charge in [-0.2, -0.15) is 0 Å². The molecule has 0 unspecified atom stereocenters. The molecule has 1 aromatic heterocycles. The first-order valence-corrected chi connectivity index (χ1v) is 4.58. The molecule has 0 bridgehead atoms. The number of aliphatic hydroxyl groups excluding tert-OH is 1. The van der Waals surface area contributed by atoms with Crippen molar-refractivity contribution in [1.82, 2.24) is 4.98 Å². The molecule has 0 spiro atoms. The third kappa shape index (κ3) is 2.11. The summed E-state index contributed by atoms with van der Waals surface area (Å²) in [5.41, 5.74) is 0. The molecule has 1 fully saturated rings. The van der Waals surface area contributed by atoms with Gasteiger partial charge in [0, 0.05) is 25.1 Å². The van der Waals surface area contributed by atoms with Gasteiger partial charge in [0.15, 0.2) is 0 Å². The van der Waals surface area contributed by atoms with Crippen molar-refractivity contribution in [1.29, 1.82) is 0 Å². The zero-order valence-electron chi connectivity index (χ0n) is 6.98. The van der Waals surface area contributed by atoms with Crippen LogP contribution in [0.2, 0.25) is 5.15 Å². The van der Waals surface area contributed by atoms with E-state index < -0.39 is 0 Å². The predicted molar refractivity (Wildman–Crippen MR) is 48.9 cm³/mol. The lowest BCUT2D eigenvalue weighted by atomic mass is 9.92. The lowest BCUT2D eigenvalue weighted by molar-refractivity contribution is -0.0108. The van der Waals surface area contributed by atoms with E-state index >= 15 is 0 Å². The maximum atomic E-state index is 9.03. The fourth-order valence-corrected chi connectivity index (χ4v) is 1.45. The van der Waals surface area contributed by atoms with Crippen molar-refractivity contribution in [3.63, 3.8) is 0 Å². The lowest BCUT2D eigenvalue weighted by Gasteiger charge is -2.31. The summed E-state index contributed by atoms with van der Waals surface area (Å²) in [7, 11) is 0. The number of rotatable bonds is 2. The fraction of sp³-hybridized carbons (Fsp3) is 0.444. The minimum Gasteiger partial charge on any atom is -0.490 e. The number of nitrogens with zero attached hydrogens (tertiary/aromatic N) is 1. The van der Waals surface area contributed by atoms with Gasteiger partial charge >= 0.3 is 0 Å². The Morgan fingerprint density at radius 1 is 1.54 bits per heavy atom. The second kappa shape index (κ2) is 3.52. The van der Waals surface area contributed by atoms with Gasteiger partial charge in [0.05, 0.1) is 6.10 Å². The van der Waals surface area contributed by atoms with Crippen LogP contribution in [0.4, 0.5) is 0 Å². The van der Waals surface area contributed by atoms with Gasteiger partial charge < -0.3 is 9.84 Å². The van der Waals surface area contributed by atoms with E-state index in [4.69, 9.17) is 21.4 Å². The molecule has 1 aliphatic carbocycles. The van der Waals surface area contributed by atoms with Crippen molar-refractivity contribution < 1.29 is 9.84 Å². The Morgan fingerprint density at radius 2 is 2.31 bits per heavy atom. The van der Waals surface area contributed by atoms with Crippen LogP contribution in [-0.4, -0.2) is 22.3 Å². The number of aromatic nitrogens is 1. The molecule has 0 aliphatic heterocycles. The van der Waals surface area contributed by atoms with Crippen molar-refractivity contribution in [2.75, 3.05) is 0 Å². The molecule has 70 valence electrons. The molecule has 1 aliphatic rings. The minimum atomic E-state index is -0.192. The summed E-state index contributed by atoms with van der Waals surface area (Å²) < 4.78 is 5.52. The summed E-state index contributed by atoms with van der Waals surface area (Å²) in [6.45, 7) is 0. The number of hydrogen-bond donors (Lipinski definition) is 1. The first kappa shape index (κ1) is 8.78. The van der Waals surface area contributed by atoms with Crippen LogP contribution >= 0.6 is 11.6 Å². The summed E-state index contributed by atoms with van der Waals surface area (Å²) in [5, 5.41) is 9.46. The van der Waals surface area contributed by atoms with Gasteiger partial charge in [-0.15, -0.1) is 0 Å². The zero-order valence-corrected chi connectivity index (χ0v) is 7.74. The van der Waals surface area contributed by atoms with Crippen molar-refractivity contribution in [3.05, 3.63) is 23.5 Å². The van der Waals surface area contributed by atoms with Gasteiger partial charge in [-0.25, -0.2) is 4.98 Å². The summed E-state index contributed by atoms with van der Waals surface area (Å²) in [5.74, 6) is 0.719. The van der Waals surface area contributed by atoms with Gasteiger partial charge in [-0.3, -0.25) is 0 Å². The highest BCUT2D eigenvalue weighted by Crippen LogP contribution is 2.26. The molecule has 0 aromatic carbocycles. The number of hydrogen-bond acceptors (Lipinski definition) is 3. The summed E-state index contributed by atoms with van der Waals surface area (Å²) in [4.78, 5) is 3.84. The second-order valence-electron chi connectivity index (χ2n) is 3.18. The molecule has 1 aromatic rings. The van der Waals surface area contributed by atoms with E-state index in [-0.39, 0.29) is 12.2 Å². The van der Waals surface area contributed by atoms with Crippen molar-refractivity contribution in [2.24, 2.45) is 0 Å². The Bertz CT molecular complexity index is 299. The van der Waals surface area contributed by atoms with Gasteiger partial charge in [0.25, 0.3) is 0 Å². The molecule has 4 heteroatoms. The highest BCUT2D eigenvalue weighted by molar-refractivity contribution is 6.29. The van der Waals surface area contributed by atoms with Crippen LogP contribution in [-0.2, 0) is 0 Å². The molecule has 2 rings (SSSR count). The highest BCUT2D eigenvalue weighted by atomic mass is 35.5. The van der Waals surface area contributed by atoms with Crippen LogP contribution in [0.1, 0.15) is 12.8 Å². The summed E-state index contributed by atoms with van der Waals surface area (Å²) in [6, 6.07) is 3.43. The Morgan fingerprint density at radius 3 is 2.92 bits per heavy atom. The van der Waals surface area contributed by atoms with E-state index in [9.17, 15) is 0 Å². The van der Waals surface area contributed by atoms with Gasteiger partial charge in [0.2, 0.25) is 0 Å². The number of ether oxygens (including phenoxy) is 1. The molecule has 1 heterocycles. The van der Waals surface area contributed by atoms with Crippen LogP contribution in [0, 0.1) is 0 Å². The van der Waals surface area contributed by atoms with Gasteiger partial charge in [-0.05, 0) is 6.07 Å². The monoisotopic (exact) mass is 199 g/mol. The summed E-state index contributed by atoms with van der Waals surface area (Å²) >= 11 is 5.68. The Balaban J connectivity index is 1.94. The molecular formula is C9H10ClNO2. The normalized spacial score (nSPS) is 26.6. The first-order chi connectivity index (χ1) is 6.24. The molecule has 13 heavy (non-hydrogen) atoms. The number of aliphatic hydroxyl groups is 1.